The predicted molar refractivity (Wildman–Crippen MR) is 88.8 cm³/mol. The molecule has 0 aromatic heterocycles. The largest absolute Gasteiger partial charge is 0.481 e. The van der Waals surface area contributed by atoms with Crippen LogP contribution in [0.3, 0.4) is 0 Å². The van der Waals surface area contributed by atoms with Crippen LogP contribution in [0, 0.1) is 11.3 Å². The van der Waals surface area contributed by atoms with Crippen molar-refractivity contribution in [2.45, 2.75) is 6.42 Å². The standard InChI is InChI=1S/C19H19NO4/c21-17(15-6-5-13-3-1-2-4-14(13)9-15)20-10-16-11-24-8-7-19(16,12-20)18(22)23/h1-6,9,16H,7-8,10-12H2,(H,22,23)/t16-,19+/m1/s1. The van der Waals surface area contributed by atoms with Gasteiger partial charge in [0.25, 0.3) is 5.91 Å². The van der Waals surface area contributed by atoms with Gasteiger partial charge in [-0.15, -0.1) is 0 Å². The SMILES string of the molecule is O=C(c1ccc2ccccc2c1)N1C[C@@H]2COCC[C@]2(C(=O)O)C1. The van der Waals surface area contributed by atoms with E-state index in [1.807, 2.05) is 42.5 Å². The van der Waals surface area contributed by atoms with E-state index in [1.165, 1.54) is 0 Å². The summed E-state index contributed by atoms with van der Waals surface area (Å²) >= 11 is 0. The number of benzene rings is 2. The molecule has 1 N–H and O–H groups in total. The molecule has 1 amide bonds. The molecule has 2 aliphatic heterocycles. The summed E-state index contributed by atoms with van der Waals surface area (Å²) in [5, 5.41) is 11.8. The fourth-order valence-electron chi connectivity index (χ4n) is 3.96. The van der Waals surface area contributed by atoms with Crippen LogP contribution < -0.4 is 0 Å². The molecule has 0 bridgehead atoms. The van der Waals surface area contributed by atoms with Crippen LogP contribution in [0.25, 0.3) is 10.8 Å². The topological polar surface area (TPSA) is 66.8 Å². The molecule has 2 saturated heterocycles. The second-order valence-electron chi connectivity index (χ2n) is 6.73. The first-order chi connectivity index (χ1) is 11.6. The molecule has 24 heavy (non-hydrogen) atoms. The normalized spacial score (nSPS) is 26.3. The van der Waals surface area contributed by atoms with Gasteiger partial charge >= 0.3 is 5.97 Å². The minimum Gasteiger partial charge on any atom is -0.481 e. The van der Waals surface area contributed by atoms with Crippen LogP contribution in [-0.4, -0.2) is 48.2 Å². The van der Waals surface area contributed by atoms with Crippen molar-refractivity contribution < 1.29 is 19.4 Å². The lowest BCUT2D eigenvalue weighted by molar-refractivity contribution is -0.157. The monoisotopic (exact) mass is 325 g/mol. The molecule has 2 aliphatic rings. The highest BCUT2D eigenvalue weighted by molar-refractivity contribution is 5.99. The third kappa shape index (κ3) is 2.27. The zero-order valence-corrected chi connectivity index (χ0v) is 13.3. The number of carbonyl (C=O) groups excluding carboxylic acids is 1. The van der Waals surface area contributed by atoms with Crippen molar-refractivity contribution in [2.24, 2.45) is 11.3 Å². The molecule has 2 aromatic carbocycles. The van der Waals surface area contributed by atoms with Gasteiger partial charge in [0.15, 0.2) is 0 Å². The molecule has 4 rings (SSSR count). The van der Waals surface area contributed by atoms with E-state index in [0.29, 0.717) is 31.7 Å². The second kappa shape index (κ2) is 5.60. The van der Waals surface area contributed by atoms with Crippen molar-refractivity contribution in [3.8, 4) is 0 Å². The first kappa shape index (κ1) is 15.1. The molecule has 0 spiro atoms. The predicted octanol–water partition coefficient (Wildman–Crippen LogP) is 2.40. The van der Waals surface area contributed by atoms with Gasteiger partial charge in [0, 0.05) is 31.2 Å². The average molecular weight is 325 g/mol. The maximum absolute atomic E-state index is 12.9. The summed E-state index contributed by atoms with van der Waals surface area (Å²) in [6.07, 6.45) is 0.467. The Kier molecular flexibility index (Phi) is 3.53. The van der Waals surface area contributed by atoms with Crippen LogP contribution in [0.15, 0.2) is 42.5 Å². The number of hydrogen-bond donors (Lipinski definition) is 1. The summed E-state index contributed by atoms with van der Waals surface area (Å²) in [7, 11) is 0. The van der Waals surface area contributed by atoms with E-state index >= 15 is 0 Å². The molecule has 2 atom stereocenters. The minimum absolute atomic E-state index is 0.101. The van der Waals surface area contributed by atoms with Crippen LogP contribution >= 0.6 is 0 Å². The second-order valence-corrected chi connectivity index (χ2v) is 6.73. The van der Waals surface area contributed by atoms with Gasteiger partial charge < -0.3 is 14.7 Å². The zero-order valence-electron chi connectivity index (χ0n) is 13.3. The van der Waals surface area contributed by atoms with Gasteiger partial charge in [0.05, 0.1) is 12.0 Å². The number of hydrogen-bond acceptors (Lipinski definition) is 3. The minimum atomic E-state index is -0.856. The van der Waals surface area contributed by atoms with Crippen LogP contribution in [0.5, 0.6) is 0 Å². The van der Waals surface area contributed by atoms with Crippen molar-refractivity contribution in [1.82, 2.24) is 4.90 Å². The summed E-state index contributed by atoms with van der Waals surface area (Å²) in [4.78, 5) is 26.4. The Morgan fingerprint density at radius 3 is 2.71 bits per heavy atom. The maximum atomic E-state index is 12.9. The lowest BCUT2D eigenvalue weighted by Crippen LogP contribution is -2.45. The third-order valence-corrected chi connectivity index (χ3v) is 5.42. The Morgan fingerprint density at radius 2 is 1.96 bits per heavy atom. The number of likely N-dealkylation sites (tertiary alicyclic amines) is 1. The summed E-state index contributed by atoms with van der Waals surface area (Å²) in [5.41, 5.74) is -0.251. The molecule has 2 heterocycles. The van der Waals surface area contributed by atoms with Gasteiger partial charge in [0.2, 0.25) is 0 Å². The average Bonchev–Trinajstić information content (AvgIpc) is 3.02. The van der Waals surface area contributed by atoms with Crippen LogP contribution in [-0.2, 0) is 9.53 Å². The van der Waals surface area contributed by atoms with Crippen LogP contribution in [0.1, 0.15) is 16.8 Å². The Morgan fingerprint density at radius 1 is 1.17 bits per heavy atom. The Labute approximate surface area is 139 Å². The van der Waals surface area contributed by atoms with Crippen molar-refractivity contribution in [2.75, 3.05) is 26.3 Å². The number of carboxylic acids is 1. The van der Waals surface area contributed by atoms with Crippen molar-refractivity contribution in [1.29, 1.82) is 0 Å². The Bertz CT molecular complexity index is 818. The third-order valence-electron chi connectivity index (χ3n) is 5.42. The maximum Gasteiger partial charge on any atom is 0.311 e. The van der Waals surface area contributed by atoms with E-state index in [0.717, 1.165) is 10.8 Å². The first-order valence-corrected chi connectivity index (χ1v) is 8.19. The first-order valence-electron chi connectivity index (χ1n) is 8.19. The molecule has 2 fully saturated rings. The number of amides is 1. The highest BCUT2D eigenvalue weighted by Crippen LogP contribution is 2.42. The fraction of sp³-hybridized carbons (Fsp3) is 0.368. The molecule has 5 nitrogen and oxygen atoms in total. The molecule has 0 unspecified atom stereocenters. The number of rotatable bonds is 2. The van der Waals surface area contributed by atoms with Crippen molar-refractivity contribution in [3.63, 3.8) is 0 Å². The number of fused-ring (bicyclic) bond motifs is 2. The number of aliphatic carboxylic acids is 1. The van der Waals surface area contributed by atoms with E-state index in [1.54, 1.807) is 4.90 Å². The molecule has 0 radical (unpaired) electrons. The van der Waals surface area contributed by atoms with Gasteiger partial charge in [-0.25, -0.2) is 0 Å². The molecule has 5 heteroatoms. The number of carboxylic acid groups (broad SMARTS) is 1. The zero-order chi connectivity index (χ0) is 16.7. The van der Waals surface area contributed by atoms with E-state index in [2.05, 4.69) is 0 Å². The quantitative estimate of drug-likeness (QED) is 0.921. The van der Waals surface area contributed by atoms with Gasteiger partial charge in [-0.05, 0) is 29.3 Å². The molecule has 124 valence electrons. The lowest BCUT2D eigenvalue weighted by Gasteiger charge is -2.33. The Balaban J connectivity index is 1.63. The van der Waals surface area contributed by atoms with Gasteiger partial charge in [-0.1, -0.05) is 30.3 Å². The summed E-state index contributed by atoms with van der Waals surface area (Å²) in [6, 6.07) is 13.5. The summed E-state index contributed by atoms with van der Waals surface area (Å²) in [5.74, 6) is -1.05. The van der Waals surface area contributed by atoms with Crippen LogP contribution in [0.4, 0.5) is 0 Å². The van der Waals surface area contributed by atoms with E-state index < -0.39 is 11.4 Å². The summed E-state index contributed by atoms with van der Waals surface area (Å²) in [6.45, 7) is 1.56. The van der Waals surface area contributed by atoms with Gasteiger partial charge in [-0.2, -0.15) is 0 Å². The van der Waals surface area contributed by atoms with Gasteiger partial charge in [0.1, 0.15) is 0 Å². The molecule has 2 aromatic rings. The van der Waals surface area contributed by atoms with E-state index in [-0.39, 0.29) is 18.4 Å². The Hall–Kier alpha value is -2.40. The van der Waals surface area contributed by atoms with Crippen molar-refractivity contribution in [3.05, 3.63) is 48.0 Å². The lowest BCUT2D eigenvalue weighted by atomic mass is 9.74. The molecular weight excluding hydrogens is 306 g/mol. The molecular formula is C19H19NO4. The van der Waals surface area contributed by atoms with E-state index in [4.69, 9.17) is 4.74 Å². The molecule has 0 aliphatic carbocycles. The van der Waals surface area contributed by atoms with Crippen LogP contribution in [0.2, 0.25) is 0 Å². The number of nitrogens with zero attached hydrogens (tertiary/aromatic N) is 1. The highest BCUT2D eigenvalue weighted by Gasteiger charge is 2.54. The van der Waals surface area contributed by atoms with Crippen molar-refractivity contribution >= 4 is 22.6 Å². The van der Waals surface area contributed by atoms with E-state index in [9.17, 15) is 14.7 Å². The smallest absolute Gasteiger partial charge is 0.311 e. The summed E-state index contributed by atoms with van der Waals surface area (Å²) < 4.78 is 5.45. The fourth-order valence-corrected chi connectivity index (χ4v) is 3.96. The number of carbonyl (C=O) groups is 2. The highest BCUT2D eigenvalue weighted by atomic mass is 16.5. The van der Waals surface area contributed by atoms with Gasteiger partial charge in [-0.3, -0.25) is 9.59 Å². The molecule has 0 saturated carbocycles. The number of ether oxygens (including phenoxy) is 1.